The molecular formula is C15H25NO2. The third-order valence-electron chi connectivity index (χ3n) is 2.72. The Balaban J connectivity index is 0.00000137. The number of amides is 1. The molecule has 0 bridgehead atoms. The van der Waals surface area contributed by atoms with E-state index in [2.05, 4.69) is 6.92 Å². The molecule has 1 amide bonds. The van der Waals surface area contributed by atoms with Crippen molar-refractivity contribution >= 4 is 11.6 Å². The van der Waals surface area contributed by atoms with E-state index < -0.39 is 0 Å². The highest BCUT2D eigenvalue weighted by atomic mass is 16.5. The molecule has 1 atom stereocenters. The molecule has 3 heteroatoms. The maximum Gasteiger partial charge on any atom is 0.224 e. The first-order valence-corrected chi connectivity index (χ1v) is 6.54. The van der Waals surface area contributed by atoms with Crippen LogP contribution in [0, 0.1) is 0 Å². The van der Waals surface area contributed by atoms with E-state index in [9.17, 15) is 4.79 Å². The van der Waals surface area contributed by atoms with Crippen LogP contribution < -0.4 is 9.64 Å². The summed E-state index contributed by atoms with van der Waals surface area (Å²) in [6.45, 7) is 9.68. The molecule has 0 radical (unpaired) electrons. The van der Waals surface area contributed by atoms with Gasteiger partial charge < -0.3 is 9.64 Å². The lowest BCUT2D eigenvalue weighted by Gasteiger charge is -2.28. The first kappa shape index (κ1) is 16.5. The lowest BCUT2D eigenvalue weighted by Crippen LogP contribution is -2.36. The summed E-state index contributed by atoms with van der Waals surface area (Å²) >= 11 is 0. The van der Waals surface area contributed by atoms with Gasteiger partial charge in [0.05, 0.1) is 12.8 Å². The summed E-state index contributed by atoms with van der Waals surface area (Å²) in [4.78, 5) is 13.5. The Labute approximate surface area is 111 Å². The van der Waals surface area contributed by atoms with Crippen LogP contribution in [0.3, 0.4) is 0 Å². The first-order chi connectivity index (χ1) is 8.61. The normalized spacial score (nSPS) is 11.0. The number of carbonyl (C=O) groups is 1. The molecule has 102 valence electrons. The van der Waals surface area contributed by atoms with E-state index in [4.69, 9.17) is 4.74 Å². The highest BCUT2D eigenvalue weighted by Gasteiger charge is 2.20. The number of benzene rings is 1. The number of hydrogen-bond donors (Lipinski definition) is 0. The van der Waals surface area contributed by atoms with Crippen molar-refractivity contribution in [2.24, 2.45) is 0 Å². The fourth-order valence-electron chi connectivity index (χ4n) is 1.73. The number of nitrogens with zero attached hydrogens (tertiary/aromatic N) is 1. The van der Waals surface area contributed by atoms with Gasteiger partial charge in [0, 0.05) is 13.0 Å². The van der Waals surface area contributed by atoms with E-state index in [-0.39, 0.29) is 11.9 Å². The molecule has 18 heavy (non-hydrogen) atoms. The van der Waals surface area contributed by atoms with Gasteiger partial charge in [0.15, 0.2) is 0 Å². The van der Waals surface area contributed by atoms with Gasteiger partial charge in [-0.25, -0.2) is 0 Å². The van der Waals surface area contributed by atoms with E-state index in [1.165, 1.54) is 0 Å². The van der Waals surface area contributed by atoms with Crippen molar-refractivity contribution in [3.05, 3.63) is 24.3 Å². The lowest BCUT2D eigenvalue weighted by molar-refractivity contribution is -0.117. The minimum atomic E-state index is 0.0406. The fourth-order valence-corrected chi connectivity index (χ4v) is 1.73. The van der Waals surface area contributed by atoms with Gasteiger partial charge in [-0.15, -0.1) is 0 Å². The van der Waals surface area contributed by atoms with Crippen LogP contribution in [-0.2, 0) is 4.79 Å². The summed E-state index contributed by atoms with van der Waals surface area (Å²) < 4.78 is 5.28. The summed E-state index contributed by atoms with van der Waals surface area (Å²) in [7, 11) is 1.62. The van der Waals surface area contributed by atoms with Gasteiger partial charge in [0.1, 0.15) is 5.75 Å². The summed E-state index contributed by atoms with van der Waals surface area (Å²) in [6, 6.07) is 7.77. The van der Waals surface area contributed by atoms with Crippen molar-refractivity contribution in [3.63, 3.8) is 0 Å². The second-order valence-corrected chi connectivity index (χ2v) is 3.82. The number of rotatable bonds is 4. The molecule has 0 aromatic heterocycles. The number of anilines is 1. The van der Waals surface area contributed by atoms with Crippen molar-refractivity contribution in [2.45, 2.75) is 47.1 Å². The molecule has 3 nitrogen and oxygen atoms in total. The van der Waals surface area contributed by atoms with Gasteiger partial charge in [-0.3, -0.25) is 4.79 Å². The third-order valence-corrected chi connectivity index (χ3v) is 2.72. The first-order valence-electron chi connectivity index (χ1n) is 6.54. The Kier molecular flexibility index (Phi) is 7.84. The number of para-hydroxylation sites is 2. The van der Waals surface area contributed by atoms with E-state index in [0.29, 0.717) is 0 Å². The number of methoxy groups -OCH3 is 1. The maximum absolute atomic E-state index is 11.7. The molecule has 1 aromatic rings. The lowest BCUT2D eigenvalue weighted by atomic mass is 10.1. The van der Waals surface area contributed by atoms with Gasteiger partial charge in [-0.2, -0.15) is 0 Å². The predicted molar refractivity (Wildman–Crippen MR) is 77.3 cm³/mol. The quantitative estimate of drug-likeness (QED) is 0.813. The van der Waals surface area contributed by atoms with Crippen LogP contribution in [0.4, 0.5) is 5.69 Å². The van der Waals surface area contributed by atoms with Gasteiger partial charge in [0.2, 0.25) is 5.91 Å². The molecule has 0 aliphatic heterocycles. The van der Waals surface area contributed by atoms with Gasteiger partial charge in [0.25, 0.3) is 0 Å². The molecule has 0 aliphatic carbocycles. The van der Waals surface area contributed by atoms with Crippen LogP contribution in [0.1, 0.15) is 41.0 Å². The van der Waals surface area contributed by atoms with Crippen molar-refractivity contribution in [2.75, 3.05) is 12.0 Å². The van der Waals surface area contributed by atoms with Crippen LogP contribution in [0.15, 0.2) is 24.3 Å². The number of ether oxygens (including phenoxy) is 1. The van der Waals surface area contributed by atoms with Crippen LogP contribution in [0.5, 0.6) is 5.75 Å². The molecule has 0 fully saturated rings. The van der Waals surface area contributed by atoms with Crippen molar-refractivity contribution < 1.29 is 9.53 Å². The van der Waals surface area contributed by atoms with Crippen molar-refractivity contribution in [3.8, 4) is 5.75 Å². The second-order valence-electron chi connectivity index (χ2n) is 3.82. The summed E-state index contributed by atoms with van der Waals surface area (Å²) in [6.07, 6.45) is 0.914. The minimum absolute atomic E-state index is 0.0406. The van der Waals surface area contributed by atoms with Crippen LogP contribution in [-0.4, -0.2) is 19.1 Å². The standard InChI is InChI=1S/C13H19NO2.C2H6/c1-5-10(2)14(11(3)15)12-8-6-7-9-13(12)16-4;1-2/h6-10H,5H2,1-4H3;1-2H3. The Bertz CT molecular complexity index is 363. The molecule has 1 unspecified atom stereocenters. The van der Waals surface area contributed by atoms with Gasteiger partial charge >= 0.3 is 0 Å². The van der Waals surface area contributed by atoms with Gasteiger partial charge in [-0.05, 0) is 25.5 Å². The smallest absolute Gasteiger partial charge is 0.224 e. The average molecular weight is 251 g/mol. The predicted octanol–water partition coefficient (Wildman–Crippen LogP) is 3.87. The van der Waals surface area contributed by atoms with E-state index in [1.54, 1.807) is 18.9 Å². The average Bonchev–Trinajstić information content (AvgIpc) is 2.41. The Hall–Kier alpha value is -1.51. The highest BCUT2D eigenvalue weighted by molar-refractivity contribution is 5.93. The molecule has 0 heterocycles. The molecule has 0 saturated carbocycles. The molecule has 1 aromatic carbocycles. The van der Waals surface area contributed by atoms with Gasteiger partial charge in [-0.1, -0.05) is 32.9 Å². The third kappa shape index (κ3) is 4.06. The minimum Gasteiger partial charge on any atom is -0.495 e. The highest BCUT2D eigenvalue weighted by Crippen LogP contribution is 2.29. The molecular weight excluding hydrogens is 226 g/mol. The largest absolute Gasteiger partial charge is 0.495 e. The fraction of sp³-hybridized carbons (Fsp3) is 0.533. The van der Waals surface area contributed by atoms with Crippen molar-refractivity contribution in [1.82, 2.24) is 0 Å². The molecule has 1 rings (SSSR count). The zero-order valence-corrected chi connectivity index (χ0v) is 12.4. The number of carbonyl (C=O) groups excluding carboxylic acids is 1. The summed E-state index contributed by atoms with van der Waals surface area (Å²) in [5, 5.41) is 0. The van der Waals surface area contributed by atoms with E-state index >= 15 is 0 Å². The Morgan fingerprint density at radius 2 is 1.89 bits per heavy atom. The van der Waals surface area contributed by atoms with Crippen LogP contribution >= 0.6 is 0 Å². The summed E-state index contributed by atoms with van der Waals surface area (Å²) in [5.41, 5.74) is 0.840. The second kappa shape index (κ2) is 8.56. The molecule has 0 aliphatic rings. The van der Waals surface area contributed by atoms with E-state index in [1.807, 2.05) is 45.0 Å². The topological polar surface area (TPSA) is 29.5 Å². The molecule has 0 saturated heterocycles. The zero-order chi connectivity index (χ0) is 14.1. The van der Waals surface area contributed by atoms with Crippen LogP contribution in [0.2, 0.25) is 0 Å². The van der Waals surface area contributed by atoms with Crippen LogP contribution in [0.25, 0.3) is 0 Å². The Morgan fingerprint density at radius 3 is 2.33 bits per heavy atom. The summed E-state index contributed by atoms with van der Waals surface area (Å²) in [5.74, 6) is 0.775. The molecule has 0 spiro atoms. The number of hydrogen-bond acceptors (Lipinski definition) is 2. The monoisotopic (exact) mass is 251 g/mol. The SMILES string of the molecule is CC.CCC(C)N(C(C)=O)c1ccccc1OC. The zero-order valence-electron chi connectivity index (χ0n) is 12.4. The van der Waals surface area contributed by atoms with Crippen molar-refractivity contribution in [1.29, 1.82) is 0 Å². The Morgan fingerprint density at radius 1 is 1.33 bits per heavy atom. The molecule has 0 N–H and O–H groups in total. The maximum atomic E-state index is 11.7. The van der Waals surface area contributed by atoms with E-state index in [0.717, 1.165) is 17.9 Å².